The lowest BCUT2D eigenvalue weighted by Crippen LogP contribution is -2.44. The van der Waals surface area contributed by atoms with Crippen LogP contribution in [-0.2, 0) is 9.53 Å². The molecule has 0 aromatic heterocycles. The normalized spacial score (nSPS) is 19.7. The molecule has 1 rings (SSSR count). The van der Waals surface area contributed by atoms with Gasteiger partial charge >= 0.3 is 6.09 Å². The maximum absolute atomic E-state index is 12.7. The highest BCUT2D eigenvalue weighted by Crippen LogP contribution is 2.24. The summed E-state index contributed by atoms with van der Waals surface area (Å²) in [5.41, 5.74) is 0. The molecule has 2 amide bonds. The molecule has 5 heteroatoms. The Morgan fingerprint density at radius 1 is 1.36 bits per heavy atom. The monoisotopic (exact) mass is 323 g/mol. The van der Waals surface area contributed by atoms with Crippen molar-refractivity contribution in [1.29, 1.82) is 0 Å². The summed E-state index contributed by atoms with van der Waals surface area (Å²) in [5, 5.41) is 0. The van der Waals surface area contributed by atoms with E-state index in [4.69, 9.17) is 4.74 Å². The van der Waals surface area contributed by atoms with E-state index in [1.165, 1.54) is 4.90 Å². The summed E-state index contributed by atoms with van der Waals surface area (Å²) in [7, 11) is -1.17. The van der Waals surface area contributed by atoms with E-state index in [-0.39, 0.29) is 23.8 Å². The molecule has 1 heterocycles. The van der Waals surface area contributed by atoms with Crippen LogP contribution >= 0.6 is 0 Å². The first kappa shape index (κ1) is 18.8. The van der Waals surface area contributed by atoms with Gasteiger partial charge in [-0.15, -0.1) is 11.8 Å². The summed E-state index contributed by atoms with van der Waals surface area (Å²) in [4.78, 5) is 25.8. The van der Waals surface area contributed by atoms with E-state index in [0.29, 0.717) is 19.4 Å². The number of nitrogens with zero attached hydrogens (tertiary/aromatic N) is 1. The Morgan fingerprint density at radius 3 is 2.50 bits per heavy atom. The molecule has 1 saturated heterocycles. The van der Waals surface area contributed by atoms with Crippen LogP contribution in [0.3, 0.4) is 0 Å². The first-order valence-electron chi connectivity index (χ1n) is 8.13. The molecule has 0 aromatic carbocycles. The van der Waals surface area contributed by atoms with Crippen LogP contribution in [0.25, 0.3) is 0 Å². The summed E-state index contributed by atoms with van der Waals surface area (Å²) >= 11 is 0. The van der Waals surface area contributed by atoms with Gasteiger partial charge in [-0.05, 0) is 12.3 Å². The largest absolute Gasteiger partial charge is 0.447 e. The number of ether oxygens (including phenoxy) is 1. The molecule has 124 valence electrons. The predicted octanol–water partition coefficient (Wildman–Crippen LogP) is 3.75. The van der Waals surface area contributed by atoms with Crippen LogP contribution in [0.4, 0.5) is 4.79 Å². The third kappa shape index (κ3) is 5.17. The minimum atomic E-state index is -1.17. The molecule has 2 atom stereocenters. The van der Waals surface area contributed by atoms with E-state index < -0.39 is 14.2 Å². The van der Waals surface area contributed by atoms with E-state index in [2.05, 4.69) is 31.5 Å². The molecule has 22 heavy (non-hydrogen) atoms. The summed E-state index contributed by atoms with van der Waals surface area (Å²) in [6.07, 6.45) is 0.709. The predicted molar refractivity (Wildman–Crippen MR) is 91.1 cm³/mol. The van der Waals surface area contributed by atoms with Gasteiger partial charge in [0.05, 0.1) is 14.1 Å². The van der Waals surface area contributed by atoms with Crippen LogP contribution in [-0.4, -0.2) is 37.6 Å². The minimum absolute atomic E-state index is 0.133. The number of rotatable bonds is 5. The smallest absolute Gasteiger partial charge is 0.416 e. The van der Waals surface area contributed by atoms with Crippen molar-refractivity contribution in [1.82, 2.24) is 4.90 Å². The lowest BCUT2D eigenvalue weighted by Gasteiger charge is -2.25. The topological polar surface area (TPSA) is 46.6 Å². The van der Waals surface area contributed by atoms with Gasteiger partial charge in [0.15, 0.2) is 0 Å². The molecule has 1 fully saturated rings. The van der Waals surface area contributed by atoms with Gasteiger partial charge < -0.3 is 4.74 Å². The van der Waals surface area contributed by atoms with Crippen molar-refractivity contribution in [3.05, 3.63) is 0 Å². The SMILES string of the molecule is CC[C@H](CC#CC[Si](C)(C)C)C(=O)N1C(=O)OC[C@@H]1C(C)C. The molecule has 0 spiro atoms. The molecule has 0 unspecified atom stereocenters. The van der Waals surface area contributed by atoms with E-state index in [1.807, 2.05) is 20.8 Å². The first-order valence-corrected chi connectivity index (χ1v) is 11.8. The quantitative estimate of drug-likeness (QED) is 0.572. The molecule has 4 nitrogen and oxygen atoms in total. The van der Waals surface area contributed by atoms with Crippen molar-refractivity contribution in [3.8, 4) is 11.8 Å². The average molecular weight is 324 g/mol. The average Bonchev–Trinajstić information content (AvgIpc) is 2.79. The Balaban J connectivity index is 2.73. The summed E-state index contributed by atoms with van der Waals surface area (Å²) in [6, 6.07) is 0.793. The summed E-state index contributed by atoms with van der Waals surface area (Å²) in [6.45, 7) is 13.1. The molecule has 0 bridgehead atoms. The highest BCUT2D eigenvalue weighted by molar-refractivity contribution is 6.76. The Bertz CT molecular complexity index is 471. The number of carbonyl (C=O) groups excluding carboxylic acids is 2. The molecular weight excluding hydrogens is 294 g/mol. The van der Waals surface area contributed by atoms with Crippen LogP contribution in [0.15, 0.2) is 0 Å². The number of cyclic esters (lactones) is 1. The number of amides is 2. The lowest BCUT2D eigenvalue weighted by molar-refractivity contribution is -0.134. The van der Waals surface area contributed by atoms with Gasteiger partial charge in [0, 0.05) is 18.4 Å². The molecule has 0 radical (unpaired) electrons. The van der Waals surface area contributed by atoms with Crippen LogP contribution in [0.1, 0.15) is 33.6 Å². The standard InChI is InChI=1S/C17H29NO3Si/c1-7-14(10-8-9-11-22(4,5)6)16(19)18-15(13(2)3)12-21-17(18)20/h13-15H,7,10-12H2,1-6H3/t14-,15-/m1/s1. The van der Waals surface area contributed by atoms with Crippen molar-refractivity contribution < 1.29 is 14.3 Å². The molecular formula is C17H29NO3Si. The lowest BCUT2D eigenvalue weighted by atomic mass is 9.98. The first-order chi connectivity index (χ1) is 10.2. The molecule has 0 N–H and O–H groups in total. The van der Waals surface area contributed by atoms with E-state index in [1.54, 1.807) is 0 Å². The fourth-order valence-electron chi connectivity index (χ4n) is 2.31. The zero-order chi connectivity index (χ0) is 16.9. The zero-order valence-corrected chi connectivity index (χ0v) is 15.7. The Labute approximate surface area is 135 Å². The van der Waals surface area contributed by atoms with Gasteiger partial charge in [-0.1, -0.05) is 40.4 Å². The van der Waals surface area contributed by atoms with Gasteiger partial charge in [0.25, 0.3) is 0 Å². The van der Waals surface area contributed by atoms with E-state index in [0.717, 1.165) is 6.04 Å². The van der Waals surface area contributed by atoms with Crippen molar-refractivity contribution in [2.45, 2.75) is 65.3 Å². The van der Waals surface area contributed by atoms with Gasteiger partial charge in [0.1, 0.15) is 6.61 Å². The fraction of sp³-hybridized carbons (Fsp3) is 0.765. The summed E-state index contributed by atoms with van der Waals surface area (Å²) < 4.78 is 5.06. The Hall–Kier alpha value is -1.28. The zero-order valence-electron chi connectivity index (χ0n) is 14.7. The van der Waals surface area contributed by atoms with Gasteiger partial charge in [0.2, 0.25) is 5.91 Å². The summed E-state index contributed by atoms with van der Waals surface area (Å²) in [5.74, 6) is 6.19. The van der Waals surface area contributed by atoms with Crippen LogP contribution in [0, 0.1) is 23.7 Å². The second kappa shape index (κ2) is 7.82. The third-order valence-electron chi connectivity index (χ3n) is 3.85. The highest BCUT2D eigenvalue weighted by Gasteiger charge is 2.41. The molecule has 0 aromatic rings. The molecule has 1 aliphatic heterocycles. The Morgan fingerprint density at radius 2 is 2.00 bits per heavy atom. The van der Waals surface area contributed by atoms with Crippen LogP contribution in [0.5, 0.6) is 0 Å². The molecule has 0 aliphatic carbocycles. The second-order valence-electron chi connectivity index (χ2n) is 7.50. The van der Waals surface area contributed by atoms with Crippen molar-refractivity contribution >= 4 is 20.1 Å². The number of hydrogen-bond acceptors (Lipinski definition) is 3. The maximum atomic E-state index is 12.7. The number of imide groups is 1. The van der Waals surface area contributed by atoms with Gasteiger partial charge in [-0.3, -0.25) is 4.79 Å². The minimum Gasteiger partial charge on any atom is -0.447 e. The van der Waals surface area contributed by atoms with Gasteiger partial charge in [-0.25, -0.2) is 9.69 Å². The highest BCUT2D eigenvalue weighted by atomic mass is 28.3. The maximum Gasteiger partial charge on any atom is 0.416 e. The number of hydrogen-bond donors (Lipinski definition) is 0. The van der Waals surface area contributed by atoms with Crippen molar-refractivity contribution in [3.63, 3.8) is 0 Å². The fourth-order valence-corrected chi connectivity index (χ4v) is 2.96. The number of carbonyl (C=O) groups is 2. The van der Waals surface area contributed by atoms with Crippen LogP contribution in [0.2, 0.25) is 25.7 Å². The van der Waals surface area contributed by atoms with E-state index >= 15 is 0 Å². The van der Waals surface area contributed by atoms with Crippen molar-refractivity contribution in [2.75, 3.05) is 6.61 Å². The van der Waals surface area contributed by atoms with Gasteiger partial charge in [-0.2, -0.15) is 0 Å². The third-order valence-corrected chi connectivity index (χ3v) is 5.08. The van der Waals surface area contributed by atoms with E-state index in [9.17, 15) is 9.59 Å². The Kier molecular flexibility index (Phi) is 6.67. The van der Waals surface area contributed by atoms with Crippen molar-refractivity contribution in [2.24, 2.45) is 11.8 Å². The van der Waals surface area contributed by atoms with Crippen LogP contribution < -0.4 is 0 Å². The second-order valence-corrected chi connectivity index (χ2v) is 13.0. The molecule has 0 saturated carbocycles. The molecule has 1 aliphatic rings.